The molecule has 1 aromatic carbocycles. The van der Waals surface area contributed by atoms with E-state index in [-0.39, 0.29) is 0 Å². The lowest BCUT2D eigenvalue weighted by molar-refractivity contribution is 0.410. The summed E-state index contributed by atoms with van der Waals surface area (Å²) in [7, 11) is 0. The lowest BCUT2D eigenvalue weighted by Gasteiger charge is -2.39. The van der Waals surface area contributed by atoms with Crippen LogP contribution in [0.3, 0.4) is 0 Å². The predicted molar refractivity (Wildman–Crippen MR) is 80.8 cm³/mol. The highest BCUT2D eigenvalue weighted by Gasteiger charge is 2.25. The highest BCUT2D eigenvalue weighted by Crippen LogP contribution is 2.24. The standard InChI is InChI=1S/C16H18N4/c1-2-7-20(13-10-18-11-13)16-8-12(9-17)14-5-3-4-6-15(14)19-16/h3-6,8,13,18H,2,7,10-11H2,1H3. The van der Waals surface area contributed by atoms with Crippen LogP contribution < -0.4 is 10.2 Å². The van der Waals surface area contributed by atoms with Crippen molar-refractivity contribution in [3.63, 3.8) is 0 Å². The van der Waals surface area contributed by atoms with Crippen molar-refractivity contribution in [3.05, 3.63) is 35.9 Å². The summed E-state index contributed by atoms with van der Waals surface area (Å²) >= 11 is 0. The molecule has 0 unspecified atom stereocenters. The van der Waals surface area contributed by atoms with Crippen LogP contribution in [0.5, 0.6) is 0 Å². The Morgan fingerprint density at radius 2 is 2.20 bits per heavy atom. The van der Waals surface area contributed by atoms with Crippen molar-refractivity contribution >= 4 is 16.7 Å². The molecule has 0 bridgehead atoms. The topological polar surface area (TPSA) is 52.0 Å². The average molecular weight is 266 g/mol. The number of hydrogen-bond acceptors (Lipinski definition) is 4. The first-order valence-corrected chi connectivity index (χ1v) is 7.10. The number of pyridine rings is 1. The minimum atomic E-state index is 0.496. The number of nitrogens with zero attached hydrogens (tertiary/aromatic N) is 3. The molecule has 4 heteroatoms. The molecule has 2 heterocycles. The Morgan fingerprint density at radius 3 is 2.85 bits per heavy atom. The van der Waals surface area contributed by atoms with E-state index in [0.717, 1.165) is 42.8 Å². The fourth-order valence-corrected chi connectivity index (χ4v) is 2.62. The molecule has 1 N–H and O–H groups in total. The van der Waals surface area contributed by atoms with Gasteiger partial charge in [0.2, 0.25) is 0 Å². The summed E-state index contributed by atoms with van der Waals surface area (Å²) in [5.74, 6) is 0.925. The summed E-state index contributed by atoms with van der Waals surface area (Å²) in [6.45, 7) is 5.14. The molecule has 0 atom stereocenters. The van der Waals surface area contributed by atoms with Crippen molar-refractivity contribution in [1.29, 1.82) is 5.26 Å². The fourth-order valence-electron chi connectivity index (χ4n) is 2.62. The SMILES string of the molecule is CCCN(c1cc(C#N)c2ccccc2n1)C1CNC1. The lowest BCUT2D eigenvalue weighted by atomic mass is 10.1. The molecular weight excluding hydrogens is 248 g/mol. The van der Waals surface area contributed by atoms with Gasteiger partial charge in [-0.1, -0.05) is 25.1 Å². The summed E-state index contributed by atoms with van der Waals surface area (Å²) in [6, 6.07) is 12.6. The summed E-state index contributed by atoms with van der Waals surface area (Å²) in [4.78, 5) is 7.08. The van der Waals surface area contributed by atoms with Crippen molar-refractivity contribution in [2.24, 2.45) is 0 Å². The molecular formula is C16H18N4. The number of anilines is 1. The van der Waals surface area contributed by atoms with Gasteiger partial charge in [-0.25, -0.2) is 4.98 Å². The van der Waals surface area contributed by atoms with Gasteiger partial charge in [0.1, 0.15) is 5.82 Å². The predicted octanol–water partition coefficient (Wildman–Crippen LogP) is 2.29. The summed E-state index contributed by atoms with van der Waals surface area (Å²) in [5, 5.41) is 13.6. The van der Waals surface area contributed by atoms with E-state index >= 15 is 0 Å². The van der Waals surface area contributed by atoms with Gasteiger partial charge >= 0.3 is 0 Å². The molecule has 1 saturated heterocycles. The molecule has 4 nitrogen and oxygen atoms in total. The lowest BCUT2D eigenvalue weighted by Crippen LogP contribution is -2.57. The van der Waals surface area contributed by atoms with Crippen LogP contribution in [0.4, 0.5) is 5.82 Å². The molecule has 1 aliphatic rings. The van der Waals surface area contributed by atoms with Crippen LogP contribution in [0.15, 0.2) is 30.3 Å². The normalized spacial score (nSPS) is 14.8. The largest absolute Gasteiger partial charge is 0.351 e. The average Bonchev–Trinajstić information content (AvgIpc) is 2.43. The maximum Gasteiger partial charge on any atom is 0.130 e. The molecule has 1 aromatic heterocycles. The van der Waals surface area contributed by atoms with Gasteiger partial charge in [0.25, 0.3) is 0 Å². The van der Waals surface area contributed by atoms with Gasteiger partial charge in [0, 0.05) is 25.0 Å². The van der Waals surface area contributed by atoms with Crippen LogP contribution in [0.2, 0.25) is 0 Å². The summed E-state index contributed by atoms with van der Waals surface area (Å²) in [6.07, 6.45) is 1.08. The molecule has 0 amide bonds. The number of aromatic nitrogens is 1. The van der Waals surface area contributed by atoms with E-state index in [1.807, 2.05) is 30.3 Å². The molecule has 1 fully saturated rings. The van der Waals surface area contributed by atoms with E-state index in [1.54, 1.807) is 0 Å². The van der Waals surface area contributed by atoms with E-state index in [2.05, 4.69) is 23.2 Å². The van der Waals surface area contributed by atoms with E-state index in [1.165, 1.54) is 0 Å². The highest BCUT2D eigenvalue weighted by molar-refractivity contribution is 5.86. The van der Waals surface area contributed by atoms with Crippen molar-refractivity contribution < 1.29 is 0 Å². The Bertz CT molecular complexity index is 655. The zero-order chi connectivity index (χ0) is 13.9. The van der Waals surface area contributed by atoms with E-state index in [0.29, 0.717) is 11.6 Å². The van der Waals surface area contributed by atoms with Gasteiger partial charge in [0.05, 0.1) is 23.2 Å². The Hall–Kier alpha value is -2.12. The van der Waals surface area contributed by atoms with Crippen LogP contribution >= 0.6 is 0 Å². The number of nitrogens with one attached hydrogen (secondary N) is 1. The van der Waals surface area contributed by atoms with Crippen LogP contribution in [-0.2, 0) is 0 Å². The molecule has 1 aliphatic heterocycles. The van der Waals surface area contributed by atoms with Crippen molar-refractivity contribution in [2.45, 2.75) is 19.4 Å². The Labute approximate surface area is 119 Å². The minimum absolute atomic E-state index is 0.496. The second-order valence-electron chi connectivity index (χ2n) is 5.16. The maximum atomic E-state index is 9.37. The third kappa shape index (κ3) is 2.21. The van der Waals surface area contributed by atoms with Gasteiger partial charge < -0.3 is 10.2 Å². The van der Waals surface area contributed by atoms with Crippen molar-refractivity contribution in [1.82, 2.24) is 10.3 Å². The molecule has 0 radical (unpaired) electrons. The van der Waals surface area contributed by atoms with E-state index in [4.69, 9.17) is 4.98 Å². The Balaban J connectivity index is 2.07. The highest BCUT2D eigenvalue weighted by atomic mass is 15.3. The molecule has 3 rings (SSSR count). The zero-order valence-electron chi connectivity index (χ0n) is 11.6. The number of para-hydroxylation sites is 1. The molecule has 0 spiro atoms. The smallest absolute Gasteiger partial charge is 0.130 e. The third-order valence-electron chi connectivity index (χ3n) is 3.78. The fraction of sp³-hybridized carbons (Fsp3) is 0.375. The first-order chi connectivity index (χ1) is 9.83. The monoisotopic (exact) mass is 266 g/mol. The van der Waals surface area contributed by atoms with Gasteiger partial charge in [-0.05, 0) is 18.6 Å². The van der Waals surface area contributed by atoms with Crippen LogP contribution in [0.1, 0.15) is 18.9 Å². The second-order valence-corrected chi connectivity index (χ2v) is 5.16. The van der Waals surface area contributed by atoms with E-state index in [9.17, 15) is 5.26 Å². The van der Waals surface area contributed by atoms with Gasteiger partial charge in [0.15, 0.2) is 0 Å². The molecule has 0 aliphatic carbocycles. The number of fused-ring (bicyclic) bond motifs is 1. The first kappa shape index (κ1) is 12.9. The Morgan fingerprint density at radius 1 is 1.40 bits per heavy atom. The second kappa shape index (κ2) is 5.48. The van der Waals surface area contributed by atoms with Crippen LogP contribution in [0.25, 0.3) is 10.9 Å². The molecule has 0 saturated carbocycles. The number of nitriles is 1. The first-order valence-electron chi connectivity index (χ1n) is 7.10. The summed E-state index contributed by atoms with van der Waals surface area (Å²) < 4.78 is 0. The van der Waals surface area contributed by atoms with Gasteiger partial charge in [-0.2, -0.15) is 5.26 Å². The molecule has 2 aromatic rings. The zero-order valence-corrected chi connectivity index (χ0v) is 11.6. The van der Waals surface area contributed by atoms with E-state index < -0.39 is 0 Å². The molecule has 102 valence electrons. The van der Waals surface area contributed by atoms with Crippen molar-refractivity contribution in [2.75, 3.05) is 24.5 Å². The molecule has 20 heavy (non-hydrogen) atoms. The maximum absolute atomic E-state index is 9.37. The van der Waals surface area contributed by atoms with Gasteiger partial charge in [-0.15, -0.1) is 0 Å². The number of hydrogen-bond donors (Lipinski definition) is 1. The quantitative estimate of drug-likeness (QED) is 0.922. The van der Waals surface area contributed by atoms with Crippen LogP contribution in [0, 0.1) is 11.3 Å². The van der Waals surface area contributed by atoms with Crippen molar-refractivity contribution in [3.8, 4) is 6.07 Å². The number of rotatable bonds is 4. The van der Waals surface area contributed by atoms with Gasteiger partial charge in [-0.3, -0.25) is 0 Å². The summed E-state index contributed by atoms with van der Waals surface area (Å²) in [5.41, 5.74) is 1.61. The minimum Gasteiger partial charge on any atom is -0.351 e. The Kier molecular flexibility index (Phi) is 3.53. The third-order valence-corrected chi connectivity index (χ3v) is 3.78. The number of benzene rings is 1. The van der Waals surface area contributed by atoms with Crippen LogP contribution in [-0.4, -0.2) is 30.7 Å².